The number of nitrogens with zero attached hydrogens (tertiary/aromatic N) is 6. The van der Waals surface area contributed by atoms with Gasteiger partial charge in [-0.3, -0.25) is 9.79 Å². The number of amides is 1. The van der Waals surface area contributed by atoms with Crippen LogP contribution in [0.25, 0.3) is 6.20 Å². The van der Waals surface area contributed by atoms with Crippen LogP contribution in [0.2, 0.25) is 5.02 Å². The van der Waals surface area contributed by atoms with Crippen LogP contribution in [0.1, 0.15) is 49.5 Å². The van der Waals surface area contributed by atoms with E-state index in [1.165, 1.54) is 18.5 Å². The number of hydrogen-bond acceptors (Lipinski definition) is 7. The molecule has 2 aromatic heterocycles. The molecule has 0 saturated heterocycles. The summed E-state index contributed by atoms with van der Waals surface area (Å²) in [7, 11) is 0. The van der Waals surface area contributed by atoms with Crippen LogP contribution in [0.3, 0.4) is 0 Å². The summed E-state index contributed by atoms with van der Waals surface area (Å²) < 4.78 is 15.7. The number of anilines is 2. The molecule has 3 N–H and O–H groups in total. The Kier molecular flexibility index (Phi) is 5.94. The molecule has 0 bridgehead atoms. The summed E-state index contributed by atoms with van der Waals surface area (Å²) in [4.78, 5) is 30.7. The minimum atomic E-state index is -1.26. The number of aliphatic imine (C=N–C) groups is 1. The summed E-state index contributed by atoms with van der Waals surface area (Å²) in [5, 5.41) is 6.80. The second kappa shape index (κ2) is 8.70. The van der Waals surface area contributed by atoms with Gasteiger partial charge in [0.05, 0.1) is 22.8 Å². The third kappa shape index (κ3) is 3.86. The van der Waals surface area contributed by atoms with Gasteiger partial charge in [0.1, 0.15) is 29.2 Å². The van der Waals surface area contributed by atoms with E-state index in [1.54, 1.807) is 23.9 Å². The van der Waals surface area contributed by atoms with Crippen molar-refractivity contribution in [3.63, 3.8) is 0 Å². The van der Waals surface area contributed by atoms with Gasteiger partial charge in [0.25, 0.3) is 0 Å². The van der Waals surface area contributed by atoms with Crippen molar-refractivity contribution in [2.75, 3.05) is 11.1 Å². The fraction of sp³-hybridized carbons (Fsp3) is 0.273. The average Bonchev–Trinajstić information content (AvgIpc) is 3.36. The number of nitrogens with one attached hydrogen (secondary N) is 1. The zero-order valence-electron chi connectivity index (χ0n) is 18.1. The van der Waals surface area contributed by atoms with Crippen LogP contribution >= 0.6 is 11.6 Å². The maximum Gasteiger partial charge on any atom is 0.240 e. The Bertz CT molecular complexity index is 1290. The van der Waals surface area contributed by atoms with Crippen LogP contribution in [0.4, 0.5) is 16.0 Å². The quantitative estimate of drug-likeness (QED) is 0.510. The molecule has 9 nitrogen and oxygen atoms in total. The van der Waals surface area contributed by atoms with Crippen molar-refractivity contribution in [1.82, 2.24) is 24.7 Å². The zero-order valence-corrected chi connectivity index (χ0v) is 18.9. The smallest absolute Gasteiger partial charge is 0.240 e. The molecule has 0 fully saturated rings. The van der Waals surface area contributed by atoms with E-state index in [0.29, 0.717) is 29.2 Å². The number of fused-ring (bicyclic) bond motifs is 1. The molecule has 1 aliphatic heterocycles. The Hall–Kier alpha value is -3.66. The number of carbonyl (C=O) groups excluding carboxylic acids is 1. The van der Waals surface area contributed by atoms with E-state index in [9.17, 15) is 9.18 Å². The molecule has 11 heteroatoms. The number of halogens is 2. The van der Waals surface area contributed by atoms with E-state index in [0.717, 1.165) is 12.1 Å². The highest BCUT2D eigenvalue weighted by Crippen LogP contribution is 2.44. The number of carbonyl (C=O) groups is 1. The molecule has 3 aromatic rings. The van der Waals surface area contributed by atoms with Gasteiger partial charge >= 0.3 is 0 Å². The van der Waals surface area contributed by atoms with Gasteiger partial charge in [0, 0.05) is 6.20 Å². The SMILES string of the molecule is C=Cn1ncnc1C(CCC)=NCc1nc(N)c2c(n1)NC(=O)C2(C)c1ccc(Cl)c(F)c1. The van der Waals surface area contributed by atoms with Crippen LogP contribution in [-0.2, 0) is 16.8 Å². The maximum atomic E-state index is 14.1. The minimum absolute atomic E-state index is 0.0337. The van der Waals surface area contributed by atoms with Crippen LogP contribution in [0.5, 0.6) is 0 Å². The molecular formula is C22H22ClFN8O. The number of hydrogen-bond donors (Lipinski definition) is 2. The lowest BCUT2D eigenvalue weighted by Gasteiger charge is -2.23. The standard InChI is InChI=1S/C22H22ClFN8O/c1-4-6-15(20-27-11-28-32(20)5-2)26-10-16-29-18(25)17-19(30-16)31-21(33)22(17,3)12-7-8-13(23)14(24)9-12/h5,7-9,11H,2,4,6,10H2,1,3H3,(H3,25,29,30,31,33). The first-order chi connectivity index (χ1) is 15.8. The third-order valence-corrected chi connectivity index (χ3v) is 5.88. The maximum absolute atomic E-state index is 14.1. The van der Waals surface area contributed by atoms with Gasteiger partial charge in [0.2, 0.25) is 5.91 Å². The second-order valence-electron chi connectivity index (χ2n) is 7.68. The molecule has 3 heterocycles. The van der Waals surface area contributed by atoms with E-state index in [1.807, 2.05) is 6.92 Å². The molecule has 4 rings (SSSR count). The fourth-order valence-electron chi connectivity index (χ4n) is 3.86. The topological polar surface area (TPSA) is 124 Å². The van der Waals surface area contributed by atoms with Gasteiger partial charge < -0.3 is 11.1 Å². The molecule has 33 heavy (non-hydrogen) atoms. The van der Waals surface area contributed by atoms with Gasteiger partial charge in [0.15, 0.2) is 11.6 Å². The van der Waals surface area contributed by atoms with Crippen molar-refractivity contribution < 1.29 is 9.18 Å². The monoisotopic (exact) mass is 468 g/mol. The summed E-state index contributed by atoms with van der Waals surface area (Å²) in [6, 6.07) is 4.21. The predicted octanol–water partition coefficient (Wildman–Crippen LogP) is 3.59. The highest BCUT2D eigenvalue weighted by Gasteiger charge is 2.47. The van der Waals surface area contributed by atoms with Gasteiger partial charge in [-0.05, 0) is 31.0 Å². The van der Waals surface area contributed by atoms with E-state index < -0.39 is 11.2 Å². The second-order valence-corrected chi connectivity index (χ2v) is 8.09. The number of aromatic nitrogens is 5. The Balaban J connectivity index is 1.71. The molecule has 0 saturated carbocycles. The molecule has 1 aromatic carbocycles. The Labute approximate surface area is 194 Å². The lowest BCUT2D eigenvalue weighted by molar-refractivity contribution is -0.119. The van der Waals surface area contributed by atoms with Crippen molar-refractivity contribution in [1.29, 1.82) is 0 Å². The van der Waals surface area contributed by atoms with Crippen molar-refractivity contribution in [3.8, 4) is 0 Å². The van der Waals surface area contributed by atoms with E-state index in [2.05, 4.69) is 36.9 Å². The van der Waals surface area contributed by atoms with Crippen molar-refractivity contribution in [3.05, 3.63) is 64.7 Å². The van der Waals surface area contributed by atoms with Gasteiger partial charge in [-0.1, -0.05) is 37.6 Å². The molecule has 0 aliphatic carbocycles. The van der Waals surface area contributed by atoms with Gasteiger partial charge in [-0.25, -0.2) is 24.0 Å². The largest absolute Gasteiger partial charge is 0.383 e. The fourth-order valence-corrected chi connectivity index (χ4v) is 3.98. The van der Waals surface area contributed by atoms with E-state index in [-0.39, 0.29) is 29.1 Å². The van der Waals surface area contributed by atoms with Gasteiger partial charge in [-0.2, -0.15) is 5.10 Å². The number of rotatable bonds is 7. The molecule has 1 amide bonds. The normalized spacial score (nSPS) is 17.7. The van der Waals surface area contributed by atoms with Crippen LogP contribution in [-0.4, -0.2) is 36.4 Å². The van der Waals surface area contributed by atoms with Crippen molar-refractivity contribution in [2.24, 2.45) is 4.99 Å². The first kappa shape index (κ1) is 22.5. The molecule has 0 radical (unpaired) electrons. The molecular weight excluding hydrogens is 447 g/mol. The summed E-state index contributed by atoms with van der Waals surface area (Å²) in [5.41, 5.74) is 6.52. The Morgan fingerprint density at radius 1 is 1.42 bits per heavy atom. The molecule has 1 unspecified atom stereocenters. The molecule has 0 spiro atoms. The molecule has 170 valence electrons. The number of nitrogen functional groups attached to an aromatic ring is 1. The third-order valence-electron chi connectivity index (χ3n) is 5.57. The first-order valence-electron chi connectivity index (χ1n) is 10.3. The average molecular weight is 469 g/mol. The van der Waals surface area contributed by atoms with Crippen molar-refractivity contribution >= 4 is 41.1 Å². The number of benzene rings is 1. The lowest BCUT2D eigenvalue weighted by atomic mass is 9.78. The minimum Gasteiger partial charge on any atom is -0.383 e. The molecule has 1 aliphatic rings. The summed E-state index contributed by atoms with van der Waals surface area (Å²) in [6.45, 7) is 7.53. The summed E-state index contributed by atoms with van der Waals surface area (Å²) in [6.07, 6.45) is 4.50. The Morgan fingerprint density at radius 3 is 2.91 bits per heavy atom. The van der Waals surface area contributed by atoms with Crippen LogP contribution in [0.15, 0.2) is 36.1 Å². The first-order valence-corrected chi connectivity index (χ1v) is 10.7. The highest BCUT2D eigenvalue weighted by molar-refractivity contribution is 6.30. The number of nitrogens with two attached hydrogens (primary N) is 1. The summed E-state index contributed by atoms with van der Waals surface area (Å²) in [5.74, 6) is 0.307. The molecule has 1 atom stereocenters. The van der Waals surface area contributed by atoms with Crippen LogP contribution < -0.4 is 11.1 Å². The Morgan fingerprint density at radius 2 is 2.21 bits per heavy atom. The van der Waals surface area contributed by atoms with E-state index >= 15 is 0 Å². The van der Waals surface area contributed by atoms with Crippen LogP contribution in [0, 0.1) is 5.82 Å². The highest BCUT2D eigenvalue weighted by atomic mass is 35.5. The lowest BCUT2D eigenvalue weighted by Crippen LogP contribution is -2.33. The van der Waals surface area contributed by atoms with Gasteiger partial charge in [-0.15, -0.1) is 0 Å². The van der Waals surface area contributed by atoms with Crippen molar-refractivity contribution in [2.45, 2.75) is 38.6 Å². The zero-order chi connectivity index (χ0) is 23.8. The summed E-state index contributed by atoms with van der Waals surface area (Å²) >= 11 is 5.81. The van der Waals surface area contributed by atoms with E-state index in [4.69, 9.17) is 17.3 Å². The predicted molar refractivity (Wildman–Crippen MR) is 124 cm³/mol.